The smallest absolute Gasteiger partial charge is 0.374 e. The highest BCUT2D eigenvalue weighted by Gasteiger charge is 2.28. The largest absolute Gasteiger partial charge is 0.490 e. The molecule has 5 rings (SSSR count). The Morgan fingerprint density at radius 3 is 2.68 bits per heavy atom. The first kappa shape index (κ1) is 25.5. The summed E-state index contributed by atoms with van der Waals surface area (Å²) in [5, 5.41) is 3.33. The summed E-state index contributed by atoms with van der Waals surface area (Å²) in [4.78, 5) is 38.0. The molecule has 0 bridgehead atoms. The van der Waals surface area contributed by atoms with E-state index in [2.05, 4.69) is 17.4 Å². The van der Waals surface area contributed by atoms with Crippen LogP contribution in [-0.4, -0.2) is 24.6 Å². The molecule has 7 nitrogen and oxygen atoms in total. The normalized spacial score (nSPS) is 14.1. The van der Waals surface area contributed by atoms with Crippen LogP contribution in [0.15, 0.2) is 75.9 Å². The molecule has 1 aliphatic heterocycles. The van der Waals surface area contributed by atoms with Gasteiger partial charge in [-0.1, -0.05) is 48.0 Å². The molecule has 1 unspecified atom stereocenters. The summed E-state index contributed by atoms with van der Waals surface area (Å²) in [6.45, 7) is 1.79. The molecule has 0 aliphatic carbocycles. The summed E-state index contributed by atoms with van der Waals surface area (Å²) >= 11 is 6.68. The molecule has 0 saturated heterocycles. The molecule has 0 fully saturated rings. The van der Waals surface area contributed by atoms with Gasteiger partial charge in [0.25, 0.3) is 5.91 Å². The zero-order valence-corrected chi connectivity index (χ0v) is 21.5. The van der Waals surface area contributed by atoms with Crippen LogP contribution in [0.4, 0.5) is 5.69 Å². The Hall–Kier alpha value is -4.10. The third kappa shape index (κ3) is 5.29. The second kappa shape index (κ2) is 11.1. The Kier molecular flexibility index (Phi) is 7.47. The predicted octanol–water partition coefficient (Wildman–Crippen LogP) is 6.20. The molecule has 0 radical (unpaired) electrons. The average Bonchev–Trinajstić information content (AvgIpc) is 3.34. The number of carbonyl (C=O) groups is 2. The summed E-state index contributed by atoms with van der Waals surface area (Å²) in [6.07, 6.45) is 3.44. The number of carbonyl (C=O) groups excluding carboxylic acids is 2. The van der Waals surface area contributed by atoms with E-state index in [4.69, 9.17) is 25.5 Å². The number of benzene rings is 3. The van der Waals surface area contributed by atoms with E-state index in [1.807, 2.05) is 18.2 Å². The molecule has 2 heterocycles. The second-order valence-electron chi connectivity index (χ2n) is 9.06. The summed E-state index contributed by atoms with van der Waals surface area (Å²) in [6, 6.07) is 19.5. The van der Waals surface area contributed by atoms with Gasteiger partial charge in [0, 0.05) is 18.1 Å². The Morgan fingerprint density at radius 1 is 1.08 bits per heavy atom. The van der Waals surface area contributed by atoms with Crippen LogP contribution in [0.2, 0.25) is 5.02 Å². The van der Waals surface area contributed by atoms with Crippen LogP contribution in [0, 0.1) is 0 Å². The number of para-hydroxylation sites is 1. The van der Waals surface area contributed by atoms with E-state index < -0.39 is 17.3 Å². The van der Waals surface area contributed by atoms with Gasteiger partial charge in [0.15, 0.2) is 11.0 Å². The highest BCUT2D eigenvalue weighted by atomic mass is 35.5. The fourth-order valence-corrected chi connectivity index (χ4v) is 4.96. The molecule has 1 amide bonds. The number of hydrogen-bond acceptors (Lipinski definition) is 6. The molecule has 1 aromatic heterocycles. The molecule has 4 aromatic rings. The number of rotatable bonds is 8. The monoisotopic (exact) mass is 531 g/mol. The molecular weight excluding hydrogens is 506 g/mol. The van der Waals surface area contributed by atoms with Crippen molar-refractivity contribution in [1.82, 2.24) is 0 Å². The van der Waals surface area contributed by atoms with Crippen molar-refractivity contribution >= 4 is 40.1 Å². The molecular formula is C30H26ClNO6. The standard InChI is InChI=1S/C30H26ClNO6/c1-2-36-30(35)26-17-24(33)20-12-7-13-23(28(20)38-26)32-29(34)21-14-15-25-22(27(21)31)16-19(37-25)11-6-10-18-8-4-3-5-9-18/h3-5,7-9,12-15,17,19H,2,6,10-11,16H2,1H3,(H,32,34). The van der Waals surface area contributed by atoms with Crippen molar-refractivity contribution in [3.05, 3.63) is 104 Å². The van der Waals surface area contributed by atoms with Crippen LogP contribution < -0.4 is 15.5 Å². The summed E-state index contributed by atoms with van der Waals surface area (Å²) in [5.41, 5.74) is 2.27. The van der Waals surface area contributed by atoms with E-state index in [0.717, 1.165) is 30.9 Å². The van der Waals surface area contributed by atoms with Crippen LogP contribution in [0.1, 0.15) is 51.8 Å². The second-order valence-corrected chi connectivity index (χ2v) is 9.44. The minimum absolute atomic E-state index is 0.00170. The minimum Gasteiger partial charge on any atom is -0.490 e. The Morgan fingerprint density at radius 2 is 1.89 bits per heavy atom. The first-order chi connectivity index (χ1) is 18.4. The third-order valence-electron chi connectivity index (χ3n) is 6.48. The quantitative estimate of drug-likeness (QED) is 0.272. The molecule has 194 valence electrons. The SMILES string of the molecule is CCOC(=O)c1cc(=O)c2cccc(NC(=O)c3ccc4c(c3Cl)CC(CCCc3ccccc3)O4)c2o1. The van der Waals surface area contributed by atoms with Gasteiger partial charge in [-0.2, -0.15) is 0 Å². The Bertz CT molecular complexity index is 1560. The lowest BCUT2D eigenvalue weighted by atomic mass is 10.0. The van der Waals surface area contributed by atoms with Gasteiger partial charge < -0.3 is 19.2 Å². The lowest BCUT2D eigenvalue weighted by Gasteiger charge is -2.11. The van der Waals surface area contributed by atoms with E-state index in [0.29, 0.717) is 17.2 Å². The minimum atomic E-state index is -0.757. The van der Waals surface area contributed by atoms with Crippen LogP contribution in [-0.2, 0) is 17.6 Å². The van der Waals surface area contributed by atoms with Gasteiger partial charge in [-0.25, -0.2) is 4.79 Å². The predicted molar refractivity (Wildman–Crippen MR) is 145 cm³/mol. The topological polar surface area (TPSA) is 94.8 Å². The number of nitrogens with one attached hydrogen (secondary N) is 1. The van der Waals surface area contributed by atoms with Gasteiger partial charge in [-0.05, 0) is 56.0 Å². The molecule has 0 saturated carbocycles. The molecule has 38 heavy (non-hydrogen) atoms. The summed E-state index contributed by atoms with van der Waals surface area (Å²) < 4.78 is 16.7. The van der Waals surface area contributed by atoms with Crippen LogP contribution in [0.5, 0.6) is 5.75 Å². The van der Waals surface area contributed by atoms with E-state index in [1.165, 1.54) is 5.56 Å². The maximum absolute atomic E-state index is 13.2. The van der Waals surface area contributed by atoms with Gasteiger partial charge in [0.2, 0.25) is 5.76 Å². The van der Waals surface area contributed by atoms with Gasteiger partial charge in [-0.15, -0.1) is 0 Å². The first-order valence-electron chi connectivity index (χ1n) is 12.5. The number of fused-ring (bicyclic) bond motifs is 2. The average molecular weight is 532 g/mol. The van der Waals surface area contributed by atoms with Gasteiger partial charge >= 0.3 is 5.97 Å². The van der Waals surface area contributed by atoms with E-state index in [1.54, 1.807) is 37.3 Å². The molecule has 1 N–H and O–H groups in total. The van der Waals surface area contributed by atoms with Crippen molar-refractivity contribution < 1.29 is 23.5 Å². The van der Waals surface area contributed by atoms with Crippen LogP contribution >= 0.6 is 11.6 Å². The maximum atomic E-state index is 13.2. The number of amides is 1. The zero-order chi connectivity index (χ0) is 26.6. The molecule has 8 heteroatoms. The third-order valence-corrected chi connectivity index (χ3v) is 6.92. The van der Waals surface area contributed by atoms with Gasteiger partial charge in [0.05, 0.1) is 28.3 Å². The summed E-state index contributed by atoms with van der Waals surface area (Å²) in [7, 11) is 0. The van der Waals surface area contributed by atoms with Gasteiger partial charge in [0.1, 0.15) is 11.9 Å². The number of ether oxygens (including phenoxy) is 2. The number of hydrogen-bond donors (Lipinski definition) is 1. The number of anilines is 1. The zero-order valence-electron chi connectivity index (χ0n) is 20.8. The van der Waals surface area contributed by atoms with Crippen LogP contribution in [0.25, 0.3) is 11.0 Å². The maximum Gasteiger partial charge on any atom is 0.374 e. The highest BCUT2D eigenvalue weighted by molar-refractivity contribution is 6.35. The fourth-order valence-electron chi connectivity index (χ4n) is 4.64. The van der Waals surface area contributed by atoms with Crippen molar-refractivity contribution in [1.29, 1.82) is 0 Å². The Balaban J connectivity index is 1.32. The van der Waals surface area contributed by atoms with E-state index in [9.17, 15) is 14.4 Å². The number of aryl methyl sites for hydroxylation is 1. The molecule has 3 aromatic carbocycles. The lowest BCUT2D eigenvalue weighted by Crippen LogP contribution is -2.15. The van der Waals surface area contributed by atoms with Crippen molar-refractivity contribution in [2.75, 3.05) is 11.9 Å². The highest BCUT2D eigenvalue weighted by Crippen LogP contribution is 2.38. The van der Waals surface area contributed by atoms with Crippen molar-refractivity contribution in [3.8, 4) is 5.75 Å². The molecule has 0 spiro atoms. The van der Waals surface area contributed by atoms with Crippen molar-refractivity contribution in [2.45, 2.75) is 38.7 Å². The number of esters is 1. The van der Waals surface area contributed by atoms with Crippen LogP contribution in [0.3, 0.4) is 0 Å². The number of halogens is 1. The van der Waals surface area contributed by atoms with E-state index in [-0.39, 0.29) is 40.7 Å². The summed E-state index contributed by atoms with van der Waals surface area (Å²) in [5.74, 6) is -0.779. The fraction of sp³-hybridized carbons (Fsp3) is 0.233. The van der Waals surface area contributed by atoms with Gasteiger partial charge in [-0.3, -0.25) is 9.59 Å². The lowest BCUT2D eigenvalue weighted by molar-refractivity contribution is 0.0490. The van der Waals surface area contributed by atoms with Crippen molar-refractivity contribution in [3.63, 3.8) is 0 Å². The Labute approximate surface area is 224 Å². The first-order valence-corrected chi connectivity index (χ1v) is 12.9. The molecule has 1 aliphatic rings. The molecule has 1 atom stereocenters. The van der Waals surface area contributed by atoms with Crippen molar-refractivity contribution in [2.24, 2.45) is 0 Å². The van der Waals surface area contributed by atoms with E-state index >= 15 is 0 Å².